The summed E-state index contributed by atoms with van der Waals surface area (Å²) >= 11 is 27.4. The number of halogens is 4. The second-order valence-electron chi connectivity index (χ2n) is 22.3. The highest BCUT2D eigenvalue weighted by Gasteiger charge is 2.28. The minimum absolute atomic E-state index is 0.0570. The Morgan fingerprint density at radius 3 is 1.14 bits per heavy atom. The Morgan fingerprint density at radius 2 is 0.807 bits per heavy atom. The van der Waals surface area contributed by atoms with Crippen molar-refractivity contribution in [1.29, 1.82) is 0 Å². The van der Waals surface area contributed by atoms with Crippen molar-refractivity contribution in [2.45, 2.75) is 170 Å². The molecule has 3 aromatic rings. The summed E-state index contributed by atoms with van der Waals surface area (Å²) in [6.45, 7) is 15.8. The minimum atomic E-state index is -1.08. The maximum Gasteiger partial charge on any atom is 0.410 e. The van der Waals surface area contributed by atoms with Crippen LogP contribution in [0.1, 0.15) is 139 Å². The van der Waals surface area contributed by atoms with Gasteiger partial charge in [-0.25, -0.2) is 9.59 Å². The average Bonchev–Trinajstić information content (AvgIpc) is 3.28. The van der Waals surface area contributed by atoms with Crippen LogP contribution in [-0.4, -0.2) is 165 Å². The van der Waals surface area contributed by atoms with Crippen LogP contribution in [0, 0.1) is 0 Å². The Hall–Kier alpha value is -4.62. The molecule has 0 spiro atoms. The second kappa shape index (κ2) is 42.4. The molecule has 4 amide bonds. The molecule has 492 valence electrons. The van der Waals surface area contributed by atoms with E-state index in [2.05, 4.69) is 44.0 Å². The number of fused-ring (bicyclic) bond motifs is 3. The molecular weight excluding hydrogens is 1320 g/mol. The van der Waals surface area contributed by atoms with Gasteiger partial charge < -0.3 is 55.7 Å². The quantitative estimate of drug-likeness (QED) is 0.0296. The predicted octanol–water partition coefficient (Wildman–Crippen LogP) is 12.8. The molecule has 0 saturated heterocycles. The third-order valence-corrected chi connectivity index (χ3v) is 18.5. The van der Waals surface area contributed by atoms with Crippen LogP contribution >= 0.6 is 86.0 Å². The number of nitrogens with one attached hydrogen (secondary N) is 3. The Kier molecular flexibility index (Phi) is 38.3. The molecule has 0 saturated carbocycles. The number of ether oxygens (including phenoxy) is 2. The number of carbonyl (C=O) groups is 8. The van der Waals surface area contributed by atoms with E-state index in [1.165, 1.54) is 38.3 Å². The first-order valence-electron chi connectivity index (χ1n) is 29.3. The number of carboxylic acids is 4. The SMILES string of the molecule is CC(C)(C)OC(=O)N1CCc2ccc(Cl)c(SCCCC(=O)O)c2CC1.CNC(=O)CCCSc1c(Cl)ccc2c1CCN(C(=O)OC(C)(C)C)CC2.CNC(=O)CCCSc1c(Cl)ccc2c1CCNCC2.O=C(O)CCC(=O)O.O=C(O)CCCBr. The van der Waals surface area contributed by atoms with E-state index < -0.39 is 35.1 Å². The molecule has 0 fully saturated rings. The maximum atomic E-state index is 12.4. The van der Waals surface area contributed by atoms with Crippen LogP contribution < -0.4 is 16.0 Å². The monoisotopic (exact) mass is 1410 g/mol. The van der Waals surface area contributed by atoms with Gasteiger partial charge in [0.25, 0.3) is 0 Å². The van der Waals surface area contributed by atoms with Gasteiger partial charge in [-0.05, 0) is 188 Å². The molecule has 0 unspecified atom stereocenters. The van der Waals surface area contributed by atoms with Crippen molar-refractivity contribution in [3.8, 4) is 0 Å². The van der Waals surface area contributed by atoms with E-state index >= 15 is 0 Å². The highest BCUT2D eigenvalue weighted by molar-refractivity contribution is 9.09. The smallest absolute Gasteiger partial charge is 0.410 e. The van der Waals surface area contributed by atoms with Crippen molar-refractivity contribution >= 4 is 134 Å². The molecule has 0 aromatic heterocycles. The molecule has 0 aliphatic carbocycles. The number of thioether (sulfide) groups is 3. The highest BCUT2D eigenvalue weighted by atomic mass is 79.9. The molecule has 3 heterocycles. The molecular formula is C62H89BrCl3N5O14S3. The highest BCUT2D eigenvalue weighted by Crippen LogP contribution is 2.38. The van der Waals surface area contributed by atoms with Gasteiger partial charge in [0.05, 0.1) is 27.9 Å². The van der Waals surface area contributed by atoms with Gasteiger partial charge in [0.2, 0.25) is 11.8 Å². The third kappa shape index (κ3) is 32.9. The van der Waals surface area contributed by atoms with E-state index in [4.69, 9.17) is 64.7 Å². The lowest BCUT2D eigenvalue weighted by atomic mass is 10.0. The number of carbonyl (C=O) groups excluding carboxylic acids is 4. The van der Waals surface area contributed by atoms with Crippen molar-refractivity contribution in [3.05, 3.63) is 84.8 Å². The molecule has 7 N–H and O–H groups in total. The standard InChI is InChI=1S/C20H29ClN2O3S.C19H26ClNO4S.C15H21ClN2OS.C4H7BrO2.C4H6O4/c1-20(2,3)26-19(25)23-11-9-14-7-8-16(21)18(15(14)10-12-23)27-13-5-6-17(24)22-4;1-19(2,3)25-18(24)21-10-8-13-6-7-15(20)17(14(13)9-11-21)26-12-4-5-16(22)23;1-17-14(19)3-2-10-20-15-12-7-9-18-8-6-11(12)4-5-13(15)16;5-3-1-2-4(6)7;5-3(6)1-2-4(7)8/h7-8H,5-6,9-13H2,1-4H3,(H,22,24);6-7H,4-5,8-12H2,1-3H3,(H,22,23);4-5,18H,2-3,6-10H2,1H3,(H,17,19);1-3H2,(H,6,7);1-2H2,(H,5,6)(H,7,8). The van der Waals surface area contributed by atoms with Crippen molar-refractivity contribution in [2.75, 3.05) is 76.0 Å². The Morgan fingerprint density at radius 1 is 0.489 bits per heavy atom. The number of nitrogens with zero attached hydrogens (tertiary/aromatic N) is 2. The van der Waals surface area contributed by atoms with Crippen LogP contribution in [-0.2, 0) is 76.8 Å². The number of carboxylic acid groups (broad SMARTS) is 4. The molecule has 3 aromatic carbocycles. The van der Waals surface area contributed by atoms with Crippen LogP contribution in [0.5, 0.6) is 0 Å². The number of aliphatic carboxylic acids is 4. The lowest BCUT2D eigenvalue weighted by molar-refractivity contribution is -0.143. The van der Waals surface area contributed by atoms with E-state index in [1.54, 1.807) is 59.2 Å². The van der Waals surface area contributed by atoms with Crippen LogP contribution in [0.15, 0.2) is 51.1 Å². The number of benzene rings is 3. The van der Waals surface area contributed by atoms with Crippen LogP contribution in [0.4, 0.5) is 9.59 Å². The summed E-state index contributed by atoms with van der Waals surface area (Å²) in [6.07, 6.45) is 8.51. The van der Waals surface area contributed by atoms with Crippen molar-refractivity contribution in [1.82, 2.24) is 25.8 Å². The topological polar surface area (TPSA) is 279 Å². The predicted molar refractivity (Wildman–Crippen MR) is 356 cm³/mol. The number of rotatable bonds is 21. The Labute approximate surface area is 555 Å². The Balaban J connectivity index is 0.000000405. The number of hydrogen-bond donors (Lipinski definition) is 7. The summed E-state index contributed by atoms with van der Waals surface area (Å²) in [5.41, 5.74) is 6.62. The van der Waals surface area contributed by atoms with E-state index in [9.17, 15) is 38.4 Å². The van der Waals surface area contributed by atoms with Gasteiger partial charge in [-0.2, -0.15) is 0 Å². The van der Waals surface area contributed by atoms with Gasteiger partial charge in [0, 0.05) is 86.0 Å². The molecule has 0 radical (unpaired) electrons. The first-order valence-corrected chi connectivity index (χ1v) is 34.5. The van der Waals surface area contributed by atoms with E-state index in [-0.39, 0.29) is 49.7 Å². The summed E-state index contributed by atoms with van der Waals surface area (Å²) in [5.74, 6) is -1.03. The third-order valence-electron chi connectivity index (χ3n) is 12.9. The molecule has 19 nitrogen and oxygen atoms in total. The fourth-order valence-corrected chi connectivity index (χ4v) is 13.2. The molecule has 6 rings (SSSR count). The van der Waals surface area contributed by atoms with Gasteiger partial charge in [0.15, 0.2) is 0 Å². The zero-order valence-corrected chi connectivity index (χ0v) is 58.2. The average molecular weight is 1410 g/mol. The van der Waals surface area contributed by atoms with Crippen LogP contribution in [0.25, 0.3) is 0 Å². The van der Waals surface area contributed by atoms with E-state index in [1.807, 2.05) is 65.8 Å². The lowest BCUT2D eigenvalue weighted by Crippen LogP contribution is -2.38. The zero-order chi connectivity index (χ0) is 66.0. The van der Waals surface area contributed by atoms with Gasteiger partial charge in [-0.15, -0.1) is 35.3 Å². The van der Waals surface area contributed by atoms with E-state index in [0.29, 0.717) is 56.2 Å². The molecule has 26 heteroatoms. The molecule has 88 heavy (non-hydrogen) atoms. The van der Waals surface area contributed by atoms with Crippen LogP contribution in [0.3, 0.4) is 0 Å². The van der Waals surface area contributed by atoms with E-state index in [0.717, 1.165) is 108 Å². The van der Waals surface area contributed by atoms with Gasteiger partial charge >= 0.3 is 36.1 Å². The van der Waals surface area contributed by atoms with Gasteiger partial charge in [-0.3, -0.25) is 28.8 Å². The summed E-state index contributed by atoms with van der Waals surface area (Å²) < 4.78 is 11.0. The first-order chi connectivity index (χ1) is 41.5. The second-order valence-corrected chi connectivity index (χ2v) is 27.6. The fraction of sp³-hybridized carbons (Fsp3) is 0.581. The number of hydrogen-bond acceptors (Lipinski definition) is 14. The molecule has 0 bridgehead atoms. The van der Waals surface area contributed by atoms with Gasteiger partial charge in [0.1, 0.15) is 11.2 Å². The van der Waals surface area contributed by atoms with Gasteiger partial charge in [-0.1, -0.05) is 68.9 Å². The summed E-state index contributed by atoms with van der Waals surface area (Å²) in [4.78, 5) is 93.9. The largest absolute Gasteiger partial charge is 0.481 e. The van der Waals surface area contributed by atoms with Crippen LogP contribution in [0.2, 0.25) is 15.1 Å². The molecule has 0 atom stereocenters. The minimum Gasteiger partial charge on any atom is -0.481 e. The fourth-order valence-electron chi connectivity index (χ4n) is 8.61. The van der Waals surface area contributed by atoms with Crippen molar-refractivity contribution < 1.29 is 68.3 Å². The lowest BCUT2D eigenvalue weighted by Gasteiger charge is -2.26. The normalized spacial score (nSPS) is 13.5. The summed E-state index contributed by atoms with van der Waals surface area (Å²) in [7, 11) is 3.33. The number of amides is 4. The Bertz CT molecular complexity index is 2760. The molecule has 3 aliphatic heterocycles. The molecule has 3 aliphatic rings. The van der Waals surface area contributed by atoms with Crippen molar-refractivity contribution in [2.24, 2.45) is 0 Å². The van der Waals surface area contributed by atoms with Crippen molar-refractivity contribution in [3.63, 3.8) is 0 Å². The summed E-state index contributed by atoms with van der Waals surface area (Å²) in [6, 6.07) is 12.1. The zero-order valence-electron chi connectivity index (χ0n) is 51.9. The first kappa shape index (κ1) is 79.5. The maximum absolute atomic E-state index is 12.4. The summed E-state index contributed by atoms with van der Waals surface area (Å²) in [5, 5.41) is 44.4. The number of alkyl halides is 1.